The van der Waals surface area contributed by atoms with Crippen LogP contribution in [-0.2, 0) is 18.3 Å². The van der Waals surface area contributed by atoms with Crippen molar-refractivity contribution in [1.29, 1.82) is 0 Å². The number of hydrogen-bond donors (Lipinski definition) is 1. The largest absolute Gasteiger partial charge is 0.378 e. The number of nitrogens with zero attached hydrogens (tertiary/aromatic N) is 7. The average molecular weight is 539 g/mol. The maximum atomic E-state index is 5.67. The molecule has 3 fully saturated rings. The molecule has 3 aromatic heterocycles. The van der Waals surface area contributed by atoms with Crippen molar-refractivity contribution in [3.63, 3.8) is 0 Å². The van der Waals surface area contributed by atoms with Crippen LogP contribution in [0.3, 0.4) is 0 Å². The zero-order valence-electron chi connectivity index (χ0n) is 23.7. The lowest BCUT2D eigenvalue weighted by atomic mass is 9.76. The van der Waals surface area contributed by atoms with Crippen LogP contribution in [0.15, 0.2) is 35.4 Å². The van der Waals surface area contributed by atoms with Crippen LogP contribution in [0.25, 0.3) is 28.1 Å². The van der Waals surface area contributed by atoms with Crippen molar-refractivity contribution in [1.82, 2.24) is 34.4 Å². The quantitative estimate of drug-likeness (QED) is 0.376. The van der Waals surface area contributed by atoms with Gasteiger partial charge in [-0.15, -0.1) is 0 Å². The molecule has 2 saturated carbocycles. The lowest BCUT2D eigenvalue weighted by Gasteiger charge is -2.34. The lowest BCUT2D eigenvalue weighted by Crippen LogP contribution is -2.38. The van der Waals surface area contributed by atoms with E-state index in [2.05, 4.69) is 39.4 Å². The zero-order chi connectivity index (χ0) is 27.0. The molecule has 3 aliphatic carbocycles. The smallest absolute Gasteiger partial charge is 0.239 e. The fourth-order valence-electron chi connectivity index (χ4n) is 7.54. The number of benzene rings is 1. The first kappa shape index (κ1) is 24.5. The molecule has 2 bridgehead atoms. The molecule has 0 amide bonds. The Morgan fingerprint density at radius 3 is 2.73 bits per heavy atom. The second-order valence-corrected chi connectivity index (χ2v) is 12.3. The summed E-state index contributed by atoms with van der Waals surface area (Å²) in [6, 6.07) is 8.73. The molecule has 4 unspecified atom stereocenters. The van der Waals surface area contributed by atoms with Crippen LogP contribution >= 0.6 is 0 Å². The number of ether oxygens (including phenoxy) is 1. The van der Waals surface area contributed by atoms with Crippen LogP contribution in [-0.4, -0.2) is 61.4 Å². The van der Waals surface area contributed by atoms with Crippen molar-refractivity contribution in [2.45, 2.75) is 58.5 Å². The molecule has 1 saturated heterocycles. The molecule has 0 spiro atoms. The normalized spacial score (nSPS) is 26.4. The van der Waals surface area contributed by atoms with Crippen molar-refractivity contribution in [3.8, 4) is 5.95 Å². The predicted octanol–water partition coefficient (Wildman–Crippen LogP) is 4.46. The molecule has 8 rings (SSSR count). The molecule has 9 nitrogen and oxygen atoms in total. The second-order valence-electron chi connectivity index (χ2n) is 12.3. The number of fused-ring (bicyclic) bond motifs is 5. The highest BCUT2D eigenvalue weighted by Crippen LogP contribution is 2.53. The second kappa shape index (κ2) is 9.38. The van der Waals surface area contributed by atoms with Gasteiger partial charge in [0, 0.05) is 26.2 Å². The fraction of sp³-hybridized carbons (Fsp3) is 0.548. The maximum Gasteiger partial charge on any atom is 0.239 e. The summed E-state index contributed by atoms with van der Waals surface area (Å²) in [7, 11) is 2.10. The standard InChI is InChI=1S/C31H38N8O/c1-18-8-9-20-14-22(18)23-15-21(23)16-25(20)32-17-27-34-28-29(37(27)3)35-31(36-30(28)38-10-12-40-13-11-38)39-19(2)33-24-6-4-5-7-26(24)39/h4-7,18,20-21,25,32H,8-17H2,1-3H3. The van der Waals surface area contributed by atoms with Gasteiger partial charge in [-0.2, -0.15) is 9.97 Å². The summed E-state index contributed by atoms with van der Waals surface area (Å²) in [5.74, 6) is 5.76. The Morgan fingerprint density at radius 2 is 1.85 bits per heavy atom. The van der Waals surface area contributed by atoms with E-state index in [1.54, 1.807) is 11.1 Å². The van der Waals surface area contributed by atoms with Gasteiger partial charge in [-0.25, -0.2) is 9.97 Å². The first-order valence-electron chi connectivity index (χ1n) is 15.0. The van der Waals surface area contributed by atoms with Crippen LogP contribution in [0.1, 0.15) is 50.7 Å². The summed E-state index contributed by atoms with van der Waals surface area (Å²) in [6.45, 7) is 8.17. The van der Waals surface area contributed by atoms with Gasteiger partial charge >= 0.3 is 0 Å². The number of imidazole rings is 2. The van der Waals surface area contributed by atoms with E-state index in [0.29, 0.717) is 25.2 Å². The summed E-state index contributed by atoms with van der Waals surface area (Å²) in [4.78, 5) is 22.5. The Bertz CT molecular complexity index is 1640. The van der Waals surface area contributed by atoms with Gasteiger partial charge in [0.1, 0.15) is 11.6 Å². The predicted molar refractivity (Wildman–Crippen MR) is 156 cm³/mol. The molecule has 1 aliphatic heterocycles. The highest BCUT2D eigenvalue weighted by molar-refractivity contribution is 5.86. The van der Waals surface area contributed by atoms with Crippen molar-refractivity contribution in [2.24, 2.45) is 24.8 Å². The molecule has 0 radical (unpaired) electrons. The molecule has 1 N–H and O–H groups in total. The molecule has 9 heteroatoms. The number of morpholine rings is 1. The summed E-state index contributed by atoms with van der Waals surface area (Å²) in [5.41, 5.74) is 7.29. The van der Waals surface area contributed by atoms with E-state index in [1.165, 1.54) is 32.1 Å². The number of hydrogen-bond acceptors (Lipinski definition) is 7. The molecule has 4 heterocycles. The highest BCUT2D eigenvalue weighted by Gasteiger charge is 2.43. The summed E-state index contributed by atoms with van der Waals surface area (Å²) >= 11 is 0. The zero-order valence-corrected chi connectivity index (χ0v) is 23.7. The van der Waals surface area contributed by atoms with Gasteiger partial charge in [0.05, 0.1) is 30.8 Å². The monoisotopic (exact) mass is 538 g/mol. The first-order chi connectivity index (χ1) is 19.5. The maximum absolute atomic E-state index is 5.67. The van der Waals surface area contributed by atoms with Crippen LogP contribution in [0.2, 0.25) is 0 Å². The van der Waals surface area contributed by atoms with Gasteiger partial charge in [0.15, 0.2) is 17.0 Å². The molecular weight excluding hydrogens is 500 g/mol. The molecule has 4 atom stereocenters. The van der Waals surface area contributed by atoms with Crippen molar-refractivity contribution in [3.05, 3.63) is 47.1 Å². The Morgan fingerprint density at radius 1 is 1.00 bits per heavy atom. The van der Waals surface area contributed by atoms with Crippen molar-refractivity contribution < 1.29 is 4.74 Å². The number of allylic oxidation sites excluding steroid dienone is 2. The lowest BCUT2D eigenvalue weighted by molar-refractivity contribution is 0.122. The van der Waals surface area contributed by atoms with Crippen LogP contribution in [0.5, 0.6) is 0 Å². The minimum atomic E-state index is 0.549. The van der Waals surface area contributed by atoms with E-state index in [9.17, 15) is 0 Å². The average Bonchev–Trinajstić information content (AvgIpc) is 3.58. The molecule has 4 aromatic rings. The van der Waals surface area contributed by atoms with Gasteiger partial charge in [-0.1, -0.05) is 30.2 Å². The van der Waals surface area contributed by atoms with Gasteiger partial charge in [0.2, 0.25) is 5.95 Å². The van der Waals surface area contributed by atoms with E-state index in [0.717, 1.165) is 77.1 Å². The Balaban J connectivity index is 1.16. The van der Waals surface area contributed by atoms with Crippen molar-refractivity contribution in [2.75, 3.05) is 31.2 Å². The van der Waals surface area contributed by atoms with Gasteiger partial charge in [-0.3, -0.25) is 4.57 Å². The third-order valence-electron chi connectivity index (χ3n) is 9.91. The van der Waals surface area contributed by atoms with Gasteiger partial charge < -0.3 is 19.5 Å². The van der Waals surface area contributed by atoms with Gasteiger partial charge in [-0.05, 0) is 68.9 Å². The number of anilines is 1. The van der Waals surface area contributed by atoms with Crippen molar-refractivity contribution >= 4 is 28.0 Å². The SMILES string of the molecule is Cc1nc2ccccc2n1-c1nc(N2CCOCC2)c2nc(CNC3CC4CC4=C4CC3CCC4C)n(C)c2n1. The topological polar surface area (TPSA) is 85.9 Å². The van der Waals surface area contributed by atoms with Gasteiger partial charge in [0.25, 0.3) is 0 Å². The van der Waals surface area contributed by atoms with Crippen LogP contribution in [0.4, 0.5) is 5.82 Å². The van der Waals surface area contributed by atoms with E-state index in [1.807, 2.05) is 25.1 Å². The molecular formula is C31H38N8O. The first-order valence-corrected chi connectivity index (χ1v) is 15.0. The minimum absolute atomic E-state index is 0.549. The number of rotatable bonds is 5. The number of para-hydroxylation sites is 2. The highest BCUT2D eigenvalue weighted by atomic mass is 16.5. The summed E-state index contributed by atoms with van der Waals surface area (Å²) in [5, 5.41) is 3.97. The molecule has 4 aliphatic rings. The molecule has 208 valence electrons. The number of aryl methyl sites for hydroxylation is 2. The summed E-state index contributed by atoms with van der Waals surface area (Å²) < 4.78 is 9.90. The third-order valence-corrected chi connectivity index (χ3v) is 9.91. The molecule has 1 aromatic carbocycles. The number of aromatic nitrogens is 6. The van der Waals surface area contributed by atoms with E-state index in [-0.39, 0.29) is 0 Å². The Hall–Kier alpha value is -3.30. The molecule has 40 heavy (non-hydrogen) atoms. The minimum Gasteiger partial charge on any atom is -0.378 e. The van der Waals surface area contributed by atoms with E-state index in [4.69, 9.17) is 24.7 Å². The Labute approximate surface area is 234 Å². The van der Waals surface area contributed by atoms with E-state index < -0.39 is 0 Å². The van der Waals surface area contributed by atoms with Crippen LogP contribution < -0.4 is 10.2 Å². The number of nitrogens with one attached hydrogen (secondary N) is 1. The fourth-order valence-corrected chi connectivity index (χ4v) is 7.54. The van der Waals surface area contributed by atoms with Crippen LogP contribution in [0, 0.1) is 24.7 Å². The Kier molecular flexibility index (Phi) is 5.74. The third kappa shape index (κ3) is 3.96. The van der Waals surface area contributed by atoms with E-state index >= 15 is 0 Å². The summed E-state index contributed by atoms with van der Waals surface area (Å²) in [6.07, 6.45) is 6.57.